The van der Waals surface area contributed by atoms with Crippen LogP contribution in [0.4, 0.5) is 0 Å². The van der Waals surface area contributed by atoms with Crippen LogP contribution >= 0.6 is 0 Å². The lowest BCUT2D eigenvalue weighted by molar-refractivity contribution is 0.215. The molecule has 4 heteroatoms. The lowest BCUT2D eigenvalue weighted by Gasteiger charge is -1.81. The summed E-state index contributed by atoms with van der Waals surface area (Å²) >= 11 is 0. The van der Waals surface area contributed by atoms with Gasteiger partial charge in [0.05, 0.1) is 5.56 Å². The molecule has 0 saturated heterocycles. The molecule has 0 N–H and O–H groups in total. The molecule has 4 nitrogen and oxygen atoms in total. The number of nitriles is 1. The Kier molecular flexibility index (Phi) is 2.28. The Labute approximate surface area is 63.7 Å². The molecule has 0 atom stereocenters. The summed E-state index contributed by atoms with van der Waals surface area (Å²) in [6.45, 7) is 0. The van der Waals surface area contributed by atoms with Crippen LogP contribution in [0.3, 0.4) is 0 Å². The van der Waals surface area contributed by atoms with Crippen LogP contribution in [0, 0.1) is 11.3 Å². The molecule has 1 aromatic rings. The summed E-state index contributed by atoms with van der Waals surface area (Å²) in [7, 11) is 1.44. The summed E-state index contributed by atoms with van der Waals surface area (Å²) in [5.74, 6) is 0.503. The van der Waals surface area contributed by atoms with E-state index in [1.54, 1.807) is 6.07 Å². The normalized spacial score (nSPS) is 9.82. The van der Waals surface area contributed by atoms with Gasteiger partial charge < -0.3 is 9.25 Å². The largest absolute Gasteiger partial charge is 0.462 e. The molecule has 0 bridgehead atoms. The van der Waals surface area contributed by atoms with Crippen molar-refractivity contribution in [2.24, 2.45) is 5.16 Å². The van der Waals surface area contributed by atoms with Crippen LogP contribution in [-0.2, 0) is 4.84 Å². The van der Waals surface area contributed by atoms with Gasteiger partial charge in [0.25, 0.3) is 0 Å². The smallest absolute Gasteiger partial charge is 0.149 e. The second-order valence-electron chi connectivity index (χ2n) is 1.77. The Bertz CT molecular complexity index is 296. The van der Waals surface area contributed by atoms with E-state index in [1.165, 1.54) is 19.6 Å². The van der Waals surface area contributed by atoms with Crippen LogP contribution < -0.4 is 0 Å². The third-order valence-electron chi connectivity index (χ3n) is 1.03. The number of nitrogens with zero attached hydrogens (tertiary/aromatic N) is 2. The molecular formula is C7H6N2O2. The van der Waals surface area contributed by atoms with Crippen LogP contribution in [0.15, 0.2) is 21.9 Å². The average molecular weight is 150 g/mol. The second kappa shape index (κ2) is 3.42. The van der Waals surface area contributed by atoms with Crippen molar-refractivity contribution in [2.75, 3.05) is 7.11 Å². The van der Waals surface area contributed by atoms with E-state index in [-0.39, 0.29) is 0 Å². The van der Waals surface area contributed by atoms with E-state index in [1.807, 2.05) is 6.07 Å². The number of furan rings is 1. The van der Waals surface area contributed by atoms with Gasteiger partial charge in [0.1, 0.15) is 31.4 Å². The molecule has 1 aromatic heterocycles. The van der Waals surface area contributed by atoms with Crippen LogP contribution in [0.5, 0.6) is 0 Å². The highest BCUT2D eigenvalue weighted by Gasteiger charge is 1.96. The zero-order valence-electron chi connectivity index (χ0n) is 5.94. The fourth-order valence-electron chi connectivity index (χ4n) is 0.584. The van der Waals surface area contributed by atoms with E-state index in [2.05, 4.69) is 9.99 Å². The van der Waals surface area contributed by atoms with Crippen molar-refractivity contribution in [3.63, 3.8) is 0 Å². The highest BCUT2D eigenvalue weighted by atomic mass is 16.6. The zero-order chi connectivity index (χ0) is 8.10. The first kappa shape index (κ1) is 7.35. The minimum absolute atomic E-state index is 0.475. The standard InChI is InChI=1S/C7H6N2O2/c1-10-9-4-7-2-6(3-8)5-11-7/h2,4-5H,1H3/b9-4+. The van der Waals surface area contributed by atoms with Gasteiger partial charge in [0.15, 0.2) is 0 Å². The molecule has 0 aliphatic heterocycles. The van der Waals surface area contributed by atoms with Crippen LogP contribution in [0.2, 0.25) is 0 Å². The van der Waals surface area contributed by atoms with E-state index in [9.17, 15) is 0 Å². The molecular weight excluding hydrogens is 144 g/mol. The highest BCUT2D eigenvalue weighted by Crippen LogP contribution is 2.03. The van der Waals surface area contributed by atoms with Crippen molar-refractivity contribution in [1.29, 1.82) is 5.26 Å². The van der Waals surface area contributed by atoms with Gasteiger partial charge in [-0.25, -0.2) is 0 Å². The molecule has 56 valence electrons. The summed E-state index contributed by atoms with van der Waals surface area (Å²) in [6.07, 6.45) is 2.75. The Hall–Kier alpha value is -1.76. The lowest BCUT2D eigenvalue weighted by atomic mass is 10.3. The molecule has 1 heterocycles. The first-order chi connectivity index (χ1) is 5.36. The van der Waals surface area contributed by atoms with Gasteiger partial charge in [-0.05, 0) is 0 Å². The molecule has 1 rings (SSSR count). The van der Waals surface area contributed by atoms with Crippen LogP contribution in [0.25, 0.3) is 0 Å². The molecule has 0 spiro atoms. The first-order valence-electron chi connectivity index (χ1n) is 2.92. The monoisotopic (exact) mass is 150 g/mol. The van der Waals surface area contributed by atoms with Gasteiger partial charge in [-0.1, -0.05) is 5.16 Å². The van der Waals surface area contributed by atoms with Crippen LogP contribution in [0.1, 0.15) is 11.3 Å². The van der Waals surface area contributed by atoms with Gasteiger partial charge in [-0.3, -0.25) is 0 Å². The molecule has 0 saturated carbocycles. The third kappa shape index (κ3) is 1.83. The van der Waals surface area contributed by atoms with Gasteiger partial charge in [0.2, 0.25) is 0 Å². The Morgan fingerprint density at radius 2 is 2.64 bits per heavy atom. The third-order valence-corrected chi connectivity index (χ3v) is 1.03. The van der Waals surface area contributed by atoms with E-state index in [4.69, 9.17) is 9.68 Å². The van der Waals surface area contributed by atoms with E-state index >= 15 is 0 Å². The Morgan fingerprint density at radius 1 is 1.82 bits per heavy atom. The number of hydrogen-bond donors (Lipinski definition) is 0. The molecule has 0 fully saturated rings. The summed E-state index contributed by atoms with van der Waals surface area (Å²) in [4.78, 5) is 4.42. The van der Waals surface area contributed by atoms with E-state index in [0.717, 1.165) is 0 Å². The highest BCUT2D eigenvalue weighted by molar-refractivity contribution is 5.75. The van der Waals surface area contributed by atoms with Crippen molar-refractivity contribution in [2.45, 2.75) is 0 Å². The molecule has 0 aliphatic rings. The maximum Gasteiger partial charge on any atom is 0.149 e. The quantitative estimate of drug-likeness (QED) is 0.469. The first-order valence-corrected chi connectivity index (χ1v) is 2.92. The summed E-state index contributed by atoms with van der Waals surface area (Å²) in [5, 5.41) is 11.9. The van der Waals surface area contributed by atoms with Gasteiger partial charge in [0, 0.05) is 6.07 Å². The minimum atomic E-state index is 0.475. The predicted molar refractivity (Wildman–Crippen MR) is 38.0 cm³/mol. The summed E-state index contributed by atoms with van der Waals surface area (Å²) in [6, 6.07) is 3.50. The zero-order valence-corrected chi connectivity index (χ0v) is 5.94. The van der Waals surface area contributed by atoms with Crippen molar-refractivity contribution in [3.8, 4) is 6.07 Å². The number of oxime groups is 1. The van der Waals surface area contributed by atoms with Crippen molar-refractivity contribution in [1.82, 2.24) is 0 Å². The maximum absolute atomic E-state index is 8.39. The minimum Gasteiger partial charge on any atom is -0.462 e. The molecule has 0 amide bonds. The molecule has 0 aromatic carbocycles. The van der Waals surface area contributed by atoms with Gasteiger partial charge in [-0.2, -0.15) is 5.26 Å². The topological polar surface area (TPSA) is 58.5 Å². The number of rotatable bonds is 2. The van der Waals surface area contributed by atoms with Crippen molar-refractivity contribution < 1.29 is 9.25 Å². The van der Waals surface area contributed by atoms with Crippen molar-refractivity contribution in [3.05, 3.63) is 23.7 Å². The Morgan fingerprint density at radius 3 is 3.18 bits per heavy atom. The lowest BCUT2D eigenvalue weighted by Crippen LogP contribution is -1.75. The molecule has 0 radical (unpaired) electrons. The predicted octanol–water partition coefficient (Wildman–Crippen LogP) is 1.13. The molecule has 0 unspecified atom stereocenters. The van der Waals surface area contributed by atoms with Gasteiger partial charge >= 0.3 is 0 Å². The summed E-state index contributed by atoms with van der Waals surface area (Å²) in [5.41, 5.74) is 0.475. The van der Waals surface area contributed by atoms with E-state index in [0.29, 0.717) is 11.3 Å². The molecule has 11 heavy (non-hydrogen) atoms. The summed E-state index contributed by atoms with van der Waals surface area (Å²) < 4.78 is 4.91. The van der Waals surface area contributed by atoms with Crippen molar-refractivity contribution >= 4 is 6.21 Å². The number of hydrogen-bond acceptors (Lipinski definition) is 4. The average Bonchev–Trinajstić information content (AvgIpc) is 2.48. The Balaban J connectivity index is 2.75. The fourth-order valence-corrected chi connectivity index (χ4v) is 0.584. The second-order valence-corrected chi connectivity index (χ2v) is 1.77. The SMILES string of the molecule is CO/N=C/c1cc(C#N)co1. The van der Waals surface area contributed by atoms with Crippen LogP contribution in [-0.4, -0.2) is 13.3 Å². The van der Waals surface area contributed by atoms with Gasteiger partial charge in [-0.15, -0.1) is 0 Å². The molecule has 0 aliphatic carbocycles. The van der Waals surface area contributed by atoms with E-state index < -0.39 is 0 Å². The fraction of sp³-hybridized carbons (Fsp3) is 0.143. The maximum atomic E-state index is 8.39.